The summed E-state index contributed by atoms with van der Waals surface area (Å²) >= 11 is 0. The molecule has 104 valence electrons. The maximum Gasteiger partial charge on any atom is 0.191 e. The molecule has 1 aliphatic heterocycles. The first-order valence-corrected chi connectivity index (χ1v) is 6.79. The van der Waals surface area contributed by atoms with Crippen molar-refractivity contribution < 1.29 is 19.4 Å². The van der Waals surface area contributed by atoms with Crippen LogP contribution in [0.15, 0.2) is 18.2 Å². The molecule has 0 amide bonds. The lowest BCUT2D eigenvalue weighted by Crippen LogP contribution is -2.29. The molecule has 0 fully saturated rings. The second-order valence-electron chi connectivity index (χ2n) is 4.74. The third-order valence-corrected chi connectivity index (χ3v) is 3.59. The van der Waals surface area contributed by atoms with Gasteiger partial charge in [0, 0.05) is 5.56 Å². The minimum absolute atomic E-state index is 0.000649. The van der Waals surface area contributed by atoms with Gasteiger partial charge >= 0.3 is 0 Å². The van der Waals surface area contributed by atoms with Crippen LogP contribution in [-0.2, 0) is 0 Å². The zero-order chi connectivity index (χ0) is 13.8. The second-order valence-corrected chi connectivity index (χ2v) is 4.74. The van der Waals surface area contributed by atoms with Crippen LogP contribution in [0.4, 0.5) is 0 Å². The van der Waals surface area contributed by atoms with Gasteiger partial charge in [-0.2, -0.15) is 0 Å². The lowest BCUT2D eigenvalue weighted by Gasteiger charge is -2.21. The standard InChI is InChI=1S/C15H20O4/c1-3-10(4-2)14(16)15(17)11-5-6-12-13(9-11)19-8-7-18-12/h5-6,9-10,14,16H,3-4,7-8H2,1-2H3. The van der Waals surface area contributed by atoms with Gasteiger partial charge in [-0.3, -0.25) is 4.79 Å². The summed E-state index contributed by atoms with van der Waals surface area (Å²) in [6, 6.07) is 5.06. The Bertz CT molecular complexity index is 451. The third-order valence-electron chi connectivity index (χ3n) is 3.59. The lowest BCUT2D eigenvalue weighted by atomic mass is 9.91. The van der Waals surface area contributed by atoms with Crippen molar-refractivity contribution >= 4 is 5.78 Å². The number of carbonyl (C=O) groups excluding carboxylic acids is 1. The first kappa shape index (κ1) is 13.9. The summed E-state index contributed by atoms with van der Waals surface area (Å²) in [5.41, 5.74) is 0.476. The quantitative estimate of drug-likeness (QED) is 0.830. The molecule has 1 heterocycles. The van der Waals surface area contributed by atoms with Gasteiger partial charge in [-0.25, -0.2) is 0 Å². The summed E-state index contributed by atoms with van der Waals surface area (Å²) in [4.78, 5) is 12.2. The van der Waals surface area contributed by atoms with Crippen LogP contribution in [0.1, 0.15) is 37.0 Å². The summed E-state index contributed by atoms with van der Waals surface area (Å²) in [5, 5.41) is 10.1. The number of aliphatic hydroxyl groups excluding tert-OH is 1. The van der Waals surface area contributed by atoms with E-state index in [1.54, 1.807) is 18.2 Å². The Labute approximate surface area is 113 Å². The molecule has 1 N–H and O–H groups in total. The molecule has 2 rings (SSSR count). The highest BCUT2D eigenvalue weighted by molar-refractivity contribution is 6.00. The van der Waals surface area contributed by atoms with Crippen molar-refractivity contribution in [3.05, 3.63) is 23.8 Å². The SMILES string of the molecule is CCC(CC)C(O)C(=O)c1ccc2c(c1)OCCO2. The van der Waals surface area contributed by atoms with Gasteiger partial charge < -0.3 is 14.6 Å². The molecule has 1 atom stereocenters. The smallest absolute Gasteiger partial charge is 0.191 e. The van der Waals surface area contributed by atoms with Crippen molar-refractivity contribution in [1.29, 1.82) is 0 Å². The van der Waals surface area contributed by atoms with E-state index in [0.717, 1.165) is 12.8 Å². The highest BCUT2D eigenvalue weighted by Gasteiger charge is 2.25. The van der Waals surface area contributed by atoms with Crippen molar-refractivity contribution in [2.45, 2.75) is 32.8 Å². The van der Waals surface area contributed by atoms with Crippen LogP contribution < -0.4 is 9.47 Å². The number of aliphatic hydroxyl groups is 1. The molecule has 0 saturated heterocycles. The van der Waals surface area contributed by atoms with Gasteiger partial charge in [-0.15, -0.1) is 0 Å². The third kappa shape index (κ3) is 2.89. The lowest BCUT2D eigenvalue weighted by molar-refractivity contribution is 0.0587. The van der Waals surface area contributed by atoms with Crippen molar-refractivity contribution in [3.8, 4) is 11.5 Å². The highest BCUT2D eigenvalue weighted by Crippen LogP contribution is 2.31. The molecule has 4 nitrogen and oxygen atoms in total. The van der Waals surface area contributed by atoms with E-state index in [0.29, 0.717) is 30.3 Å². The summed E-state index contributed by atoms with van der Waals surface area (Å²) < 4.78 is 10.9. The number of benzene rings is 1. The second kappa shape index (κ2) is 6.06. The molecule has 0 spiro atoms. The zero-order valence-electron chi connectivity index (χ0n) is 11.4. The first-order valence-electron chi connectivity index (χ1n) is 6.79. The number of Topliss-reactive ketones (excluding diaryl/α,β-unsaturated/α-hetero) is 1. The van der Waals surface area contributed by atoms with E-state index < -0.39 is 6.10 Å². The molecule has 4 heteroatoms. The predicted molar refractivity (Wildman–Crippen MR) is 71.8 cm³/mol. The van der Waals surface area contributed by atoms with Gasteiger partial charge in [0.15, 0.2) is 17.3 Å². The number of rotatable bonds is 5. The van der Waals surface area contributed by atoms with Crippen LogP contribution in [0, 0.1) is 5.92 Å². The monoisotopic (exact) mass is 264 g/mol. The van der Waals surface area contributed by atoms with Crippen LogP contribution in [0.5, 0.6) is 11.5 Å². The maximum atomic E-state index is 12.2. The number of fused-ring (bicyclic) bond motifs is 1. The number of hydrogen-bond donors (Lipinski definition) is 1. The molecule has 19 heavy (non-hydrogen) atoms. The average molecular weight is 264 g/mol. The molecule has 0 radical (unpaired) electrons. The Morgan fingerprint density at radius 2 is 1.84 bits per heavy atom. The number of carbonyl (C=O) groups is 1. The first-order chi connectivity index (χ1) is 9.17. The van der Waals surface area contributed by atoms with E-state index >= 15 is 0 Å². The molecule has 1 aromatic rings. The topological polar surface area (TPSA) is 55.8 Å². The molecule has 0 saturated carbocycles. The Morgan fingerprint density at radius 3 is 2.47 bits per heavy atom. The van der Waals surface area contributed by atoms with E-state index in [9.17, 15) is 9.90 Å². The summed E-state index contributed by atoms with van der Waals surface area (Å²) in [7, 11) is 0. The van der Waals surface area contributed by atoms with Gasteiger partial charge in [-0.1, -0.05) is 26.7 Å². The molecule has 0 bridgehead atoms. The average Bonchev–Trinajstić information content (AvgIpc) is 2.47. The number of hydrogen-bond acceptors (Lipinski definition) is 4. The van der Waals surface area contributed by atoms with Crippen LogP contribution in [0.3, 0.4) is 0 Å². The Morgan fingerprint density at radius 1 is 1.21 bits per heavy atom. The van der Waals surface area contributed by atoms with Gasteiger partial charge in [-0.05, 0) is 24.1 Å². The largest absolute Gasteiger partial charge is 0.486 e. The summed E-state index contributed by atoms with van der Waals surface area (Å²) in [5.74, 6) is 0.986. The normalized spacial score (nSPS) is 15.4. The maximum absolute atomic E-state index is 12.2. The van der Waals surface area contributed by atoms with Gasteiger partial charge in [0.25, 0.3) is 0 Å². The molecule has 1 aliphatic rings. The molecule has 1 aromatic carbocycles. The fourth-order valence-corrected chi connectivity index (χ4v) is 2.32. The fraction of sp³-hybridized carbons (Fsp3) is 0.533. The molecule has 0 aromatic heterocycles. The van der Waals surface area contributed by atoms with Crippen molar-refractivity contribution in [2.75, 3.05) is 13.2 Å². The van der Waals surface area contributed by atoms with Crippen LogP contribution in [0.2, 0.25) is 0 Å². The van der Waals surface area contributed by atoms with E-state index in [-0.39, 0.29) is 11.7 Å². The molecule has 0 aliphatic carbocycles. The molecule has 1 unspecified atom stereocenters. The summed E-state index contributed by atoms with van der Waals surface area (Å²) in [6.45, 7) is 4.97. The Hall–Kier alpha value is -1.55. The number of ketones is 1. The van der Waals surface area contributed by atoms with Crippen LogP contribution >= 0.6 is 0 Å². The van der Waals surface area contributed by atoms with Gasteiger partial charge in [0.05, 0.1) is 0 Å². The van der Waals surface area contributed by atoms with Crippen molar-refractivity contribution in [3.63, 3.8) is 0 Å². The fourth-order valence-electron chi connectivity index (χ4n) is 2.32. The Kier molecular flexibility index (Phi) is 4.43. The highest BCUT2D eigenvalue weighted by atomic mass is 16.6. The molecular weight excluding hydrogens is 244 g/mol. The van der Waals surface area contributed by atoms with Crippen LogP contribution in [0.25, 0.3) is 0 Å². The van der Waals surface area contributed by atoms with E-state index in [2.05, 4.69) is 0 Å². The van der Waals surface area contributed by atoms with Crippen molar-refractivity contribution in [2.24, 2.45) is 5.92 Å². The minimum Gasteiger partial charge on any atom is -0.486 e. The predicted octanol–water partition coefficient (Wildman–Crippen LogP) is 2.44. The van der Waals surface area contributed by atoms with Crippen LogP contribution in [-0.4, -0.2) is 30.2 Å². The van der Waals surface area contributed by atoms with E-state index in [4.69, 9.17) is 9.47 Å². The Balaban J connectivity index is 2.19. The van der Waals surface area contributed by atoms with E-state index in [1.807, 2.05) is 13.8 Å². The summed E-state index contributed by atoms with van der Waals surface area (Å²) in [6.07, 6.45) is 0.625. The zero-order valence-corrected chi connectivity index (χ0v) is 11.4. The van der Waals surface area contributed by atoms with E-state index in [1.165, 1.54) is 0 Å². The van der Waals surface area contributed by atoms with Crippen molar-refractivity contribution in [1.82, 2.24) is 0 Å². The molecular formula is C15H20O4. The minimum atomic E-state index is -0.947. The van der Waals surface area contributed by atoms with Gasteiger partial charge in [0.2, 0.25) is 0 Å². The van der Waals surface area contributed by atoms with Gasteiger partial charge in [0.1, 0.15) is 19.3 Å². The number of ether oxygens (including phenoxy) is 2.